The Kier molecular flexibility index (Phi) is 3.82. The number of carbonyl (C=O) groups excluding carboxylic acids is 1. The van der Waals surface area contributed by atoms with Gasteiger partial charge in [-0.25, -0.2) is 13.4 Å². The highest BCUT2D eigenvalue weighted by Crippen LogP contribution is 2.40. The molecule has 1 fully saturated rings. The van der Waals surface area contributed by atoms with Crippen LogP contribution in [0.2, 0.25) is 0 Å². The summed E-state index contributed by atoms with van der Waals surface area (Å²) < 4.78 is 29.3. The van der Waals surface area contributed by atoms with Crippen LogP contribution in [0.1, 0.15) is 29.5 Å². The van der Waals surface area contributed by atoms with E-state index in [0.29, 0.717) is 12.2 Å². The minimum absolute atomic E-state index is 0.104. The van der Waals surface area contributed by atoms with Gasteiger partial charge < -0.3 is 5.32 Å². The fourth-order valence-electron chi connectivity index (χ4n) is 3.81. The molecule has 3 aromatic rings. The molecule has 8 heteroatoms. The highest BCUT2D eigenvalue weighted by molar-refractivity contribution is 7.89. The number of fused-ring (bicyclic) bond motifs is 2. The van der Waals surface area contributed by atoms with E-state index in [1.807, 2.05) is 24.3 Å². The van der Waals surface area contributed by atoms with Gasteiger partial charge in [-0.3, -0.25) is 4.79 Å². The lowest BCUT2D eigenvalue weighted by Crippen LogP contribution is -2.30. The number of para-hydroxylation sites is 1. The summed E-state index contributed by atoms with van der Waals surface area (Å²) in [6, 6.07) is 12.5. The highest BCUT2D eigenvalue weighted by atomic mass is 32.2. The number of amides is 1. The summed E-state index contributed by atoms with van der Waals surface area (Å²) in [5, 5.41) is 3.58. The second-order valence-corrected chi connectivity index (χ2v) is 9.79. The normalized spacial score (nSPS) is 20.1. The largest absolute Gasteiger partial charge is 0.326 e. The Morgan fingerprint density at radius 2 is 2.04 bits per heavy atom. The first-order valence-corrected chi connectivity index (χ1v) is 11.1. The van der Waals surface area contributed by atoms with Crippen LogP contribution in [0.15, 0.2) is 47.4 Å². The summed E-state index contributed by atoms with van der Waals surface area (Å²) in [4.78, 5) is 16.5. The average Bonchev–Trinajstić information content (AvgIpc) is 3.36. The number of thiazole rings is 1. The van der Waals surface area contributed by atoms with Gasteiger partial charge in [0.05, 0.1) is 27.6 Å². The summed E-state index contributed by atoms with van der Waals surface area (Å²) in [5.41, 5.74) is 2.34. The van der Waals surface area contributed by atoms with Gasteiger partial charge >= 0.3 is 0 Å². The van der Waals surface area contributed by atoms with Crippen molar-refractivity contribution in [1.82, 2.24) is 9.29 Å². The molecule has 1 amide bonds. The van der Waals surface area contributed by atoms with E-state index in [2.05, 4.69) is 10.3 Å². The second kappa shape index (κ2) is 6.12. The van der Waals surface area contributed by atoms with Crippen LogP contribution in [0.3, 0.4) is 0 Å². The molecule has 27 heavy (non-hydrogen) atoms. The van der Waals surface area contributed by atoms with Gasteiger partial charge in [0.2, 0.25) is 15.9 Å². The molecule has 0 bridgehead atoms. The lowest BCUT2D eigenvalue weighted by atomic mass is 10.2. The van der Waals surface area contributed by atoms with Gasteiger partial charge in [-0.1, -0.05) is 12.1 Å². The third-order valence-electron chi connectivity index (χ3n) is 5.11. The fraction of sp³-hybridized carbons (Fsp3) is 0.263. The van der Waals surface area contributed by atoms with E-state index >= 15 is 0 Å². The summed E-state index contributed by atoms with van der Waals surface area (Å²) in [6.45, 7) is 0.483. The maximum absolute atomic E-state index is 13.3. The van der Waals surface area contributed by atoms with E-state index in [9.17, 15) is 13.2 Å². The number of nitrogens with one attached hydrogen (secondary N) is 1. The number of hydrogen-bond acceptors (Lipinski definition) is 5. The summed E-state index contributed by atoms with van der Waals surface area (Å²) in [6.07, 6.45) is 1.80. The van der Waals surface area contributed by atoms with Gasteiger partial charge in [-0.15, -0.1) is 11.3 Å². The van der Waals surface area contributed by atoms with Crippen molar-refractivity contribution < 1.29 is 13.2 Å². The maximum Gasteiger partial charge on any atom is 0.243 e. The first-order chi connectivity index (χ1) is 13.0. The molecular formula is C19H17N3O3S2. The lowest BCUT2D eigenvalue weighted by molar-refractivity contribution is -0.115. The van der Waals surface area contributed by atoms with Crippen molar-refractivity contribution >= 4 is 43.2 Å². The summed E-state index contributed by atoms with van der Waals surface area (Å²) >= 11 is 1.56. The Balaban J connectivity index is 1.52. The quantitative estimate of drug-likeness (QED) is 0.733. The van der Waals surface area contributed by atoms with Gasteiger partial charge in [0.15, 0.2) is 0 Å². The molecular weight excluding hydrogens is 382 g/mol. The Bertz CT molecular complexity index is 1140. The van der Waals surface area contributed by atoms with Crippen molar-refractivity contribution in [3.63, 3.8) is 0 Å². The van der Waals surface area contributed by atoms with E-state index in [-0.39, 0.29) is 23.3 Å². The Labute approximate surface area is 160 Å². The van der Waals surface area contributed by atoms with Crippen LogP contribution in [0.25, 0.3) is 10.2 Å². The molecule has 0 saturated carbocycles. The zero-order valence-corrected chi connectivity index (χ0v) is 16.0. The molecule has 0 unspecified atom stereocenters. The molecule has 0 radical (unpaired) electrons. The van der Waals surface area contributed by atoms with Gasteiger partial charge in [-0.2, -0.15) is 4.31 Å². The molecule has 2 aliphatic heterocycles. The maximum atomic E-state index is 13.3. The smallest absolute Gasteiger partial charge is 0.243 e. The predicted octanol–water partition coefficient (Wildman–Crippen LogP) is 3.32. The number of hydrogen-bond donors (Lipinski definition) is 1. The minimum atomic E-state index is -3.65. The highest BCUT2D eigenvalue weighted by Gasteiger charge is 2.38. The number of aromatic nitrogens is 1. The van der Waals surface area contributed by atoms with Gasteiger partial charge in [0, 0.05) is 12.2 Å². The van der Waals surface area contributed by atoms with Crippen LogP contribution in [-0.4, -0.2) is 30.2 Å². The van der Waals surface area contributed by atoms with Crippen LogP contribution < -0.4 is 5.32 Å². The number of benzene rings is 2. The molecule has 1 atom stereocenters. The van der Waals surface area contributed by atoms with Crippen molar-refractivity contribution in [1.29, 1.82) is 0 Å². The zero-order chi connectivity index (χ0) is 18.6. The Hall–Kier alpha value is -2.29. The number of rotatable bonds is 3. The molecule has 138 valence electrons. The topological polar surface area (TPSA) is 79.4 Å². The molecule has 3 heterocycles. The van der Waals surface area contributed by atoms with Crippen molar-refractivity contribution in [2.45, 2.75) is 30.2 Å². The average molecular weight is 399 g/mol. The van der Waals surface area contributed by atoms with Crippen molar-refractivity contribution in [2.75, 3.05) is 11.9 Å². The number of nitrogens with zero attached hydrogens (tertiary/aromatic N) is 2. The van der Waals surface area contributed by atoms with Crippen LogP contribution in [-0.2, 0) is 21.2 Å². The molecule has 0 spiro atoms. The van der Waals surface area contributed by atoms with E-state index in [4.69, 9.17) is 0 Å². The van der Waals surface area contributed by atoms with Gasteiger partial charge in [-0.05, 0) is 48.7 Å². The molecule has 6 nitrogen and oxygen atoms in total. The van der Waals surface area contributed by atoms with E-state index in [1.165, 1.54) is 0 Å². The first-order valence-electron chi connectivity index (χ1n) is 8.82. The predicted molar refractivity (Wildman–Crippen MR) is 104 cm³/mol. The molecule has 1 saturated heterocycles. The molecule has 1 aromatic heterocycles. The number of anilines is 1. The molecule has 2 aliphatic rings. The third-order valence-corrected chi connectivity index (χ3v) is 8.15. The van der Waals surface area contributed by atoms with Crippen LogP contribution in [0, 0.1) is 0 Å². The first kappa shape index (κ1) is 16.9. The molecule has 2 aromatic carbocycles. The van der Waals surface area contributed by atoms with Gasteiger partial charge in [0.1, 0.15) is 5.01 Å². The zero-order valence-electron chi connectivity index (χ0n) is 14.4. The Morgan fingerprint density at radius 3 is 2.89 bits per heavy atom. The number of carbonyl (C=O) groups is 1. The van der Waals surface area contributed by atoms with Crippen LogP contribution >= 0.6 is 11.3 Å². The van der Waals surface area contributed by atoms with E-state index in [1.54, 1.807) is 33.8 Å². The molecule has 5 rings (SSSR count). The van der Waals surface area contributed by atoms with Crippen LogP contribution in [0.4, 0.5) is 5.69 Å². The standard InChI is InChI=1S/C19H17N3O3S2/c23-18-11-12-10-13(7-8-14(12)20-18)27(24,25)22-9-3-5-16(22)19-21-15-4-1-2-6-17(15)26-19/h1-2,4,6-8,10,16H,3,5,9,11H2,(H,20,23)/t16-/m0/s1. The minimum Gasteiger partial charge on any atom is -0.326 e. The monoisotopic (exact) mass is 399 g/mol. The van der Waals surface area contributed by atoms with Crippen LogP contribution in [0.5, 0.6) is 0 Å². The van der Waals surface area contributed by atoms with Crippen molar-refractivity contribution in [2.24, 2.45) is 0 Å². The van der Waals surface area contributed by atoms with Crippen molar-refractivity contribution in [3.8, 4) is 0 Å². The number of sulfonamides is 1. The third kappa shape index (κ3) is 2.75. The van der Waals surface area contributed by atoms with E-state index in [0.717, 1.165) is 33.6 Å². The SMILES string of the molecule is O=C1Cc2cc(S(=O)(=O)N3CCC[C@H]3c3nc4ccccc4s3)ccc2N1. The summed E-state index contributed by atoms with van der Waals surface area (Å²) in [5.74, 6) is -0.104. The lowest BCUT2D eigenvalue weighted by Gasteiger charge is -2.22. The Morgan fingerprint density at radius 1 is 1.19 bits per heavy atom. The summed E-state index contributed by atoms with van der Waals surface area (Å²) in [7, 11) is -3.65. The fourth-order valence-corrected chi connectivity index (χ4v) is 6.70. The van der Waals surface area contributed by atoms with Gasteiger partial charge in [0.25, 0.3) is 0 Å². The molecule has 1 N–H and O–H groups in total. The van der Waals surface area contributed by atoms with E-state index < -0.39 is 10.0 Å². The second-order valence-electron chi connectivity index (χ2n) is 6.84. The van der Waals surface area contributed by atoms with Crippen molar-refractivity contribution in [3.05, 3.63) is 53.0 Å². The molecule has 0 aliphatic carbocycles.